The standard InChI is InChI=1S/C64H88ClN9O13S2/c1-41(2)87-54-36-49(43(5)34-52(54)70-63-67-38-50(65)60(72-63)69-51-12-10-11-13-55(51)89(80,81)42(3)4)46-18-22-73(23-19-46)57(77)21-25-83-27-29-85-31-33-86-32-30-84-28-26-82-24-20-56(76)71-59(64(7,8)9)62(79)74-39-48(75)35-53(74)61(78)66-37-45-14-16-47(17-15-45)58-44(6)68-40-88-58/h10-17,34,36,38,40-42,46,48,53,59,75H,18-33,35,37,39H2,1-9H3,(H,66,78)(H,71,76)(H2,67,69,70,72)/t48-,53+,59?/m1/s1. The molecule has 1 unspecified atom stereocenters. The fraction of sp³-hybridized carbons (Fsp3) is 0.547. The molecule has 2 saturated heterocycles. The van der Waals surface area contributed by atoms with Crippen molar-refractivity contribution in [3.8, 4) is 16.2 Å². The number of nitrogens with zero attached hydrogens (tertiary/aromatic N) is 5. The third kappa shape index (κ3) is 20.6. The quantitative estimate of drug-likeness (QED) is 0.0246. The average Bonchev–Trinajstić information content (AvgIpc) is 2.12. The van der Waals surface area contributed by atoms with Crippen molar-refractivity contribution in [3.63, 3.8) is 0 Å². The molecule has 5 aromatic rings. The van der Waals surface area contributed by atoms with Gasteiger partial charge in [-0.15, -0.1) is 11.3 Å². The highest BCUT2D eigenvalue weighted by Gasteiger charge is 2.44. The van der Waals surface area contributed by atoms with Gasteiger partial charge in [-0.2, -0.15) is 4.98 Å². The Bertz CT molecular complexity index is 3250. The van der Waals surface area contributed by atoms with Gasteiger partial charge < -0.3 is 64.6 Å². The van der Waals surface area contributed by atoms with E-state index in [0.717, 1.165) is 45.7 Å². The van der Waals surface area contributed by atoms with Crippen LogP contribution in [0.15, 0.2) is 77.3 Å². The topological polar surface area (TPSA) is 271 Å². The molecular weight excluding hydrogens is 1200 g/mol. The highest BCUT2D eigenvalue weighted by atomic mass is 35.5. The Morgan fingerprint density at radius 1 is 0.798 bits per heavy atom. The normalized spacial score (nSPS) is 16.0. The first-order valence-electron chi connectivity index (χ1n) is 30.4. The Labute approximate surface area is 532 Å². The molecule has 4 amide bonds. The smallest absolute Gasteiger partial charge is 0.246 e. The third-order valence-corrected chi connectivity index (χ3v) is 18.7. The highest BCUT2D eigenvalue weighted by Crippen LogP contribution is 2.39. The number of hydrogen-bond acceptors (Lipinski definition) is 19. The van der Waals surface area contributed by atoms with Gasteiger partial charge in [-0.1, -0.05) is 68.8 Å². The van der Waals surface area contributed by atoms with E-state index in [4.69, 9.17) is 40.0 Å². The predicted molar refractivity (Wildman–Crippen MR) is 343 cm³/mol. The van der Waals surface area contributed by atoms with Gasteiger partial charge in [0, 0.05) is 39.0 Å². The molecule has 2 aliphatic rings. The van der Waals surface area contributed by atoms with Crippen LogP contribution in [0.5, 0.6) is 5.75 Å². The summed E-state index contributed by atoms with van der Waals surface area (Å²) >= 11 is 8.09. The van der Waals surface area contributed by atoms with Gasteiger partial charge in [0.1, 0.15) is 22.9 Å². The zero-order valence-electron chi connectivity index (χ0n) is 52.6. The summed E-state index contributed by atoms with van der Waals surface area (Å²) in [5.41, 5.74) is 7.21. The molecule has 0 radical (unpaired) electrons. The Balaban J connectivity index is 0.711. The van der Waals surface area contributed by atoms with E-state index in [2.05, 4.69) is 42.3 Å². The lowest BCUT2D eigenvalue weighted by molar-refractivity contribution is -0.144. The first-order chi connectivity index (χ1) is 42.5. The molecule has 5 N–H and O–H groups in total. The number of carbonyl (C=O) groups is 4. The number of benzene rings is 3. The van der Waals surface area contributed by atoms with Gasteiger partial charge in [0.2, 0.25) is 29.6 Å². The molecule has 2 aromatic heterocycles. The molecule has 2 fully saturated rings. The van der Waals surface area contributed by atoms with Crippen molar-refractivity contribution in [2.45, 2.75) is 141 Å². The second kappa shape index (κ2) is 33.6. The number of nitrogens with one attached hydrogen (secondary N) is 4. The fourth-order valence-corrected chi connectivity index (χ4v) is 12.5. The second-order valence-corrected chi connectivity index (χ2v) is 27.5. The molecule has 22 nitrogen and oxygen atoms in total. The molecular formula is C64H88ClN9O13S2. The SMILES string of the molecule is Cc1cc(Nc2ncc(Cl)c(Nc3ccccc3S(=O)(=O)C(C)C)n2)c(OC(C)C)cc1C1CCN(C(=O)CCOCCOCCOCCOCCOCCC(=O)NC(C(=O)N2C[C@H](O)C[C@H]2C(=O)NCc2ccc(-c3scnc3C)cc2)C(C)(C)C)CC1. The summed E-state index contributed by atoms with van der Waals surface area (Å²) in [4.78, 5) is 71.5. The van der Waals surface area contributed by atoms with Crippen LogP contribution in [0.1, 0.15) is 109 Å². The summed E-state index contributed by atoms with van der Waals surface area (Å²) in [5.74, 6) is 0.182. The lowest BCUT2D eigenvalue weighted by atomic mass is 9.85. The number of halogens is 1. The number of hydrogen-bond donors (Lipinski definition) is 5. The zero-order valence-corrected chi connectivity index (χ0v) is 55.0. The minimum Gasteiger partial charge on any atom is -0.489 e. The molecule has 7 rings (SSSR count). The molecule has 0 saturated carbocycles. The maximum atomic E-state index is 14.0. The number of β-amino-alcohol motifs (C(OH)–C–C–N with tert-alkyl or cyclic N) is 1. The molecule has 4 heterocycles. The van der Waals surface area contributed by atoms with Crippen LogP contribution < -0.4 is 26.0 Å². The summed E-state index contributed by atoms with van der Waals surface area (Å²) in [6, 6.07) is 16.7. The number of aliphatic hydroxyl groups excluding tert-OH is 1. The number of thiazole rings is 1. The third-order valence-electron chi connectivity index (χ3n) is 15.2. The van der Waals surface area contributed by atoms with Crippen LogP contribution in [0, 0.1) is 19.3 Å². The second-order valence-electron chi connectivity index (χ2n) is 23.8. The van der Waals surface area contributed by atoms with E-state index in [1.807, 2.05) is 89.2 Å². The van der Waals surface area contributed by atoms with Crippen molar-refractivity contribution in [3.05, 3.63) is 99.8 Å². The minimum atomic E-state index is -3.60. The van der Waals surface area contributed by atoms with Crippen molar-refractivity contribution in [1.29, 1.82) is 0 Å². The van der Waals surface area contributed by atoms with Gasteiger partial charge in [-0.3, -0.25) is 19.2 Å². The van der Waals surface area contributed by atoms with Crippen LogP contribution in [-0.2, 0) is 59.2 Å². The monoisotopic (exact) mass is 1290 g/mol. The highest BCUT2D eigenvalue weighted by molar-refractivity contribution is 7.92. The van der Waals surface area contributed by atoms with Crippen LogP contribution in [0.2, 0.25) is 5.02 Å². The van der Waals surface area contributed by atoms with Crippen molar-refractivity contribution < 1.29 is 61.1 Å². The van der Waals surface area contributed by atoms with E-state index in [9.17, 15) is 32.7 Å². The fourth-order valence-electron chi connectivity index (χ4n) is 10.3. The lowest BCUT2D eigenvalue weighted by Crippen LogP contribution is -2.57. The number of para-hydroxylation sites is 1. The van der Waals surface area contributed by atoms with Crippen LogP contribution >= 0.6 is 22.9 Å². The molecule has 0 spiro atoms. The van der Waals surface area contributed by atoms with Crippen molar-refractivity contribution in [2.75, 3.05) is 96.3 Å². The molecule has 89 heavy (non-hydrogen) atoms. The van der Waals surface area contributed by atoms with E-state index in [1.54, 1.807) is 49.4 Å². The van der Waals surface area contributed by atoms with Crippen molar-refractivity contribution >= 4 is 79.5 Å². The Kier molecular flexibility index (Phi) is 26.5. The van der Waals surface area contributed by atoms with E-state index in [-0.39, 0.29) is 97.0 Å². The van der Waals surface area contributed by atoms with E-state index >= 15 is 0 Å². The summed E-state index contributed by atoms with van der Waals surface area (Å²) in [6.07, 6.45) is 2.41. The Morgan fingerprint density at radius 3 is 2.01 bits per heavy atom. The minimum absolute atomic E-state index is 0.0122. The number of anilines is 4. The molecule has 2 aliphatic heterocycles. The molecule has 0 aliphatic carbocycles. The number of ether oxygens (including phenoxy) is 6. The van der Waals surface area contributed by atoms with Gasteiger partial charge in [0.25, 0.3) is 0 Å². The number of rotatable bonds is 33. The largest absolute Gasteiger partial charge is 0.489 e. The summed E-state index contributed by atoms with van der Waals surface area (Å²) in [6.45, 7) is 21.3. The number of carbonyl (C=O) groups excluding carboxylic acids is 4. The van der Waals surface area contributed by atoms with Gasteiger partial charge in [-0.25, -0.2) is 18.4 Å². The summed E-state index contributed by atoms with van der Waals surface area (Å²) < 4.78 is 60.7. The van der Waals surface area contributed by atoms with Crippen LogP contribution in [0.3, 0.4) is 0 Å². The van der Waals surface area contributed by atoms with Gasteiger partial charge >= 0.3 is 0 Å². The van der Waals surface area contributed by atoms with Crippen LogP contribution in [0.4, 0.5) is 23.1 Å². The maximum absolute atomic E-state index is 14.0. The van der Waals surface area contributed by atoms with Crippen LogP contribution in [-0.4, -0.2) is 177 Å². The maximum Gasteiger partial charge on any atom is 0.246 e. The molecule has 25 heteroatoms. The molecule has 3 aromatic carbocycles. The van der Waals surface area contributed by atoms with Gasteiger partial charge in [-0.05, 0) is 112 Å². The van der Waals surface area contributed by atoms with E-state index < -0.39 is 44.6 Å². The number of aromatic nitrogens is 3. The number of piperidine rings is 1. The average molecular weight is 1290 g/mol. The summed E-state index contributed by atoms with van der Waals surface area (Å²) in [7, 11) is -3.60. The summed E-state index contributed by atoms with van der Waals surface area (Å²) in [5, 5.41) is 22.3. The lowest BCUT2D eigenvalue weighted by Gasteiger charge is -2.35. The van der Waals surface area contributed by atoms with E-state index in [0.29, 0.717) is 83.1 Å². The van der Waals surface area contributed by atoms with Crippen LogP contribution in [0.25, 0.3) is 10.4 Å². The Morgan fingerprint density at radius 2 is 1.42 bits per heavy atom. The first kappa shape index (κ1) is 70.1. The predicted octanol–water partition coefficient (Wildman–Crippen LogP) is 8.71. The van der Waals surface area contributed by atoms with Crippen molar-refractivity contribution in [2.24, 2.45) is 5.41 Å². The first-order valence-corrected chi connectivity index (χ1v) is 33.2. The number of likely N-dealkylation sites (tertiary alicyclic amines) is 2. The Hall–Kier alpha value is -6.35. The number of sulfone groups is 1. The zero-order chi connectivity index (χ0) is 64.3. The van der Waals surface area contributed by atoms with E-state index in [1.165, 1.54) is 11.1 Å². The van der Waals surface area contributed by atoms with Gasteiger partial charge in [0.15, 0.2) is 15.7 Å². The molecule has 0 bridgehead atoms. The number of aliphatic hydroxyl groups is 1. The van der Waals surface area contributed by atoms with Gasteiger partial charge in [0.05, 0.1) is 128 Å². The number of aryl methyl sites for hydroxylation is 2. The number of amides is 4. The van der Waals surface area contributed by atoms with Crippen molar-refractivity contribution in [1.82, 2.24) is 35.4 Å². The molecule has 3 atom stereocenters. The molecule has 486 valence electrons.